The van der Waals surface area contributed by atoms with Gasteiger partial charge in [0.25, 0.3) is 0 Å². The Hall–Kier alpha value is -0.330. The van der Waals surface area contributed by atoms with Crippen LogP contribution in [-0.4, -0.2) is 47.5 Å². The van der Waals surface area contributed by atoms with Crippen LogP contribution in [0.4, 0.5) is 13.2 Å². The summed E-state index contributed by atoms with van der Waals surface area (Å²) in [7, 11) is 0. The Bertz CT molecular complexity index is 340. The van der Waals surface area contributed by atoms with Crippen molar-refractivity contribution in [2.75, 3.05) is 13.1 Å². The lowest BCUT2D eigenvalue weighted by Crippen LogP contribution is -2.51. The molecule has 0 aromatic carbocycles. The molecular weight excluding hydrogens is 269 g/mol. The first-order valence-electron chi connectivity index (χ1n) is 7.03. The van der Waals surface area contributed by atoms with Crippen LogP contribution in [0.5, 0.6) is 0 Å². The van der Waals surface area contributed by atoms with Crippen molar-refractivity contribution in [1.29, 1.82) is 0 Å². The predicted molar refractivity (Wildman–Crippen MR) is 73.5 cm³/mol. The molecule has 3 nitrogen and oxygen atoms in total. The number of halogens is 3. The van der Waals surface area contributed by atoms with E-state index >= 15 is 0 Å². The van der Waals surface area contributed by atoms with Crippen molar-refractivity contribution in [3.05, 3.63) is 0 Å². The lowest BCUT2D eigenvalue weighted by atomic mass is 9.82. The van der Waals surface area contributed by atoms with Crippen molar-refractivity contribution in [2.24, 2.45) is 11.7 Å². The van der Waals surface area contributed by atoms with Crippen LogP contribution in [0.3, 0.4) is 0 Å². The fourth-order valence-electron chi connectivity index (χ4n) is 3.01. The molecule has 0 amide bonds. The van der Waals surface area contributed by atoms with Crippen LogP contribution >= 0.6 is 0 Å². The fourth-order valence-corrected chi connectivity index (χ4v) is 3.01. The molecule has 1 aliphatic rings. The summed E-state index contributed by atoms with van der Waals surface area (Å²) in [5.74, 6) is -0.137. The molecule has 1 aliphatic heterocycles. The molecule has 2 N–H and O–H groups in total. The minimum Gasteiger partial charge on any atom is -0.368 e. The molecule has 0 radical (unpaired) electrons. The minimum absolute atomic E-state index is 0.137. The molecule has 0 aliphatic carbocycles. The number of hydrogen-bond donors (Lipinski definition) is 1. The normalized spacial score (nSPS) is 29.4. The molecule has 6 heteroatoms. The summed E-state index contributed by atoms with van der Waals surface area (Å²) >= 11 is 0. The quantitative estimate of drug-likeness (QED) is 0.867. The molecular formula is C14H27F3N2O. The smallest absolute Gasteiger partial charge is 0.368 e. The van der Waals surface area contributed by atoms with E-state index in [1.54, 1.807) is 13.8 Å². The second-order valence-electron chi connectivity index (χ2n) is 7.08. The third-order valence-electron chi connectivity index (χ3n) is 4.20. The van der Waals surface area contributed by atoms with Crippen molar-refractivity contribution in [2.45, 2.75) is 71.0 Å². The maximum absolute atomic E-state index is 12.7. The zero-order valence-electron chi connectivity index (χ0n) is 13.2. The summed E-state index contributed by atoms with van der Waals surface area (Å²) < 4.78 is 44.0. The van der Waals surface area contributed by atoms with Crippen molar-refractivity contribution in [1.82, 2.24) is 4.90 Å². The van der Waals surface area contributed by atoms with Gasteiger partial charge in [-0.15, -0.1) is 0 Å². The highest BCUT2D eigenvalue weighted by molar-refractivity contribution is 5.04. The van der Waals surface area contributed by atoms with Crippen LogP contribution in [-0.2, 0) is 4.74 Å². The Morgan fingerprint density at radius 1 is 1.15 bits per heavy atom. The highest BCUT2D eigenvalue weighted by Crippen LogP contribution is 2.41. The van der Waals surface area contributed by atoms with E-state index in [4.69, 9.17) is 10.5 Å². The summed E-state index contributed by atoms with van der Waals surface area (Å²) in [6, 6.07) is -0.477. The monoisotopic (exact) mass is 296 g/mol. The first kappa shape index (κ1) is 17.7. The number of alkyl halides is 3. The molecule has 0 saturated carbocycles. The average Bonchev–Trinajstić information content (AvgIpc) is 2.32. The van der Waals surface area contributed by atoms with Crippen LogP contribution in [0.25, 0.3) is 0 Å². The Labute approximate surface area is 119 Å². The summed E-state index contributed by atoms with van der Waals surface area (Å²) in [5.41, 5.74) is 5.17. The molecule has 1 heterocycles. The van der Waals surface area contributed by atoms with Crippen molar-refractivity contribution in [3.8, 4) is 0 Å². The van der Waals surface area contributed by atoms with Gasteiger partial charge in [-0.05, 0) is 41.5 Å². The van der Waals surface area contributed by atoms with Gasteiger partial charge in [0.15, 0.2) is 0 Å². The van der Waals surface area contributed by atoms with Crippen LogP contribution in [0.2, 0.25) is 0 Å². The molecule has 2 unspecified atom stereocenters. The van der Waals surface area contributed by atoms with E-state index in [-0.39, 0.29) is 24.5 Å². The fraction of sp³-hybridized carbons (Fsp3) is 1.00. The second-order valence-corrected chi connectivity index (χ2v) is 7.08. The zero-order valence-corrected chi connectivity index (χ0v) is 13.2. The van der Waals surface area contributed by atoms with E-state index in [2.05, 4.69) is 0 Å². The molecule has 0 bridgehead atoms. The number of rotatable bonds is 4. The molecule has 2 atom stereocenters. The van der Waals surface area contributed by atoms with Gasteiger partial charge < -0.3 is 10.5 Å². The van der Waals surface area contributed by atoms with Gasteiger partial charge >= 0.3 is 6.18 Å². The van der Waals surface area contributed by atoms with Gasteiger partial charge in [-0.25, -0.2) is 0 Å². The predicted octanol–water partition coefficient (Wildman–Crippen LogP) is 2.79. The van der Waals surface area contributed by atoms with Crippen LogP contribution in [0.15, 0.2) is 0 Å². The van der Waals surface area contributed by atoms with E-state index in [9.17, 15) is 13.2 Å². The minimum atomic E-state index is -4.20. The van der Waals surface area contributed by atoms with Crippen molar-refractivity contribution >= 4 is 0 Å². The standard InChI is InChI=1S/C14H27F3N2O/c1-9(2)19(8-14(15,16)17)7-10-11(18)13(5,6)20-12(10,3)4/h9-11H,7-8,18H2,1-6H3. The maximum Gasteiger partial charge on any atom is 0.401 e. The molecule has 0 aromatic heterocycles. The zero-order chi connectivity index (χ0) is 15.9. The molecule has 1 saturated heterocycles. The number of nitrogens with zero attached hydrogens (tertiary/aromatic N) is 1. The SMILES string of the molecule is CC(C)N(CC1C(N)C(C)(C)OC1(C)C)CC(F)(F)F. The number of hydrogen-bond acceptors (Lipinski definition) is 3. The van der Waals surface area contributed by atoms with Gasteiger partial charge in [-0.1, -0.05) is 0 Å². The Kier molecular flexibility index (Phi) is 4.84. The van der Waals surface area contributed by atoms with Crippen LogP contribution < -0.4 is 5.73 Å². The average molecular weight is 296 g/mol. The van der Waals surface area contributed by atoms with Gasteiger partial charge in [0.2, 0.25) is 0 Å². The summed E-state index contributed by atoms with van der Waals surface area (Å²) in [5, 5.41) is 0. The number of ether oxygens (including phenoxy) is 1. The lowest BCUT2D eigenvalue weighted by Gasteiger charge is -2.35. The first-order valence-corrected chi connectivity index (χ1v) is 7.03. The Balaban J connectivity index is 2.88. The van der Waals surface area contributed by atoms with Crippen molar-refractivity contribution < 1.29 is 17.9 Å². The Morgan fingerprint density at radius 2 is 1.65 bits per heavy atom. The van der Waals surface area contributed by atoms with Crippen molar-refractivity contribution in [3.63, 3.8) is 0 Å². The van der Waals surface area contributed by atoms with E-state index in [0.717, 1.165) is 0 Å². The third kappa shape index (κ3) is 4.09. The van der Waals surface area contributed by atoms with Gasteiger partial charge in [0, 0.05) is 24.5 Å². The molecule has 1 rings (SSSR count). The third-order valence-corrected chi connectivity index (χ3v) is 4.20. The first-order chi connectivity index (χ1) is 8.76. The summed E-state index contributed by atoms with van der Waals surface area (Å²) in [4.78, 5) is 1.43. The number of nitrogens with two attached hydrogens (primary N) is 1. The molecule has 0 spiro atoms. The van der Waals surface area contributed by atoms with E-state index in [0.29, 0.717) is 0 Å². The van der Waals surface area contributed by atoms with E-state index in [1.165, 1.54) is 4.90 Å². The van der Waals surface area contributed by atoms with E-state index in [1.807, 2.05) is 27.7 Å². The molecule has 120 valence electrons. The highest BCUT2D eigenvalue weighted by Gasteiger charge is 2.52. The van der Waals surface area contributed by atoms with Crippen LogP contribution in [0, 0.1) is 5.92 Å². The van der Waals surface area contributed by atoms with Gasteiger partial charge in [-0.3, -0.25) is 4.90 Å². The molecule has 0 aromatic rings. The van der Waals surface area contributed by atoms with Gasteiger partial charge in [0.05, 0.1) is 17.7 Å². The topological polar surface area (TPSA) is 38.5 Å². The summed E-state index contributed by atoms with van der Waals surface area (Å²) in [6.45, 7) is 10.5. The molecule has 20 heavy (non-hydrogen) atoms. The van der Waals surface area contributed by atoms with Crippen LogP contribution in [0.1, 0.15) is 41.5 Å². The van der Waals surface area contributed by atoms with Gasteiger partial charge in [-0.2, -0.15) is 13.2 Å². The van der Waals surface area contributed by atoms with E-state index < -0.39 is 23.9 Å². The molecule has 1 fully saturated rings. The largest absolute Gasteiger partial charge is 0.401 e. The summed E-state index contributed by atoms with van der Waals surface area (Å²) in [6.07, 6.45) is -4.20. The maximum atomic E-state index is 12.7. The highest BCUT2D eigenvalue weighted by atomic mass is 19.4. The Morgan fingerprint density at radius 3 is 1.95 bits per heavy atom. The van der Waals surface area contributed by atoms with Gasteiger partial charge in [0.1, 0.15) is 0 Å². The lowest BCUT2D eigenvalue weighted by molar-refractivity contribution is -0.153. The second kappa shape index (κ2) is 5.46.